The smallest absolute Gasteiger partial charge is 0.414 e. The number of ether oxygens (including phenoxy) is 2. The third-order valence-electron chi connectivity index (χ3n) is 7.36. The van der Waals surface area contributed by atoms with Crippen LogP contribution >= 0.6 is 0 Å². The van der Waals surface area contributed by atoms with Gasteiger partial charge in [0.1, 0.15) is 24.0 Å². The summed E-state index contributed by atoms with van der Waals surface area (Å²) >= 11 is 0. The van der Waals surface area contributed by atoms with Crippen molar-refractivity contribution < 1.29 is 37.4 Å². The molecule has 0 saturated carbocycles. The zero-order chi connectivity index (χ0) is 31.4. The number of fused-ring (bicyclic) bond motifs is 1. The number of rotatable bonds is 9. The number of imidazole rings is 1. The largest absolute Gasteiger partial charge is 0.450 e. The van der Waals surface area contributed by atoms with Crippen LogP contribution in [0.25, 0.3) is 5.65 Å². The van der Waals surface area contributed by atoms with Gasteiger partial charge in [0.2, 0.25) is 5.91 Å². The highest BCUT2D eigenvalue weighted by Gasteiger charge is 2.34. The molecule has 4 amide bonds. The summed E-state index contributed by atoms with van der Waals surface area (Å²) < 4.78 is 42.1. The van der Waals surface area contributed by atoms with Crippen LogP contribution in [0.4, 0.5) is 29.7 Å². The van der Waals surface area contributed by atoms with Crippen molar-refractivity contribution in [1.29, 1.82) is 0 Å². The van der Waals surface area contributed by atoms with E-state index in [1.54, 1.807) is 41.7 Å². The zero-order valence-electron chi connectivity index (χ0n) is 24.2. The van der Waals surface area contributed by atoms with Gasteiger partial charge in [-0.1, -0.05) is 0 Å². The highest BCUT2D eigenvalue weighted by molar-refractivity contribution is 5.95. The first-order chi connectivity index (χ1) is 21.2. The van der Waals surface area contributed by atoms with Gasteiger partial charge < -0.3 is 33.9 Å². The summed E-state index contributed by atoms with van der Waals surface area (Å²) in [5, 5.41) is 2.46. The molecular formula is C28H32F2N8O6. The highest BCUT2D eigenvalue weighted by Crippen LogP contribution is 2.31. The van der Waals surface area contributed by atoms with Crippen molar-refractivity contribution in [3.63, 3.8) is 0 Å². The predicted molar refractivity (Wildman–Crippen MR) is 152 cm³/mol. The number of carbonyl (C=O) groups excluding carboxylic acids is 4. The minimum Gasteiger partial charge on any atom is -0.450 e. The van der Waals surface area contributed by atoms with Crippen LogP contribution in [0.3, 0.4) is 0 Å². The van der Waals surface area contributed by atoms with Crippen LogP contribution in [0.1, 0.15) is 24.3 Å². The quantitative estimate of drug-likeness (QED) is 0.383. The molecule has 0 bridgehead atoms. The highest BCUT2D eigenvalue weighted by atomic mass is 19.1. The van der Waals surface area contributed by atoms with Gasteiger partial charge in [-0.25, -0.2) is 23.4 Å². The maximum absolute atomic E-state index is 15.2. The lowest BCUT2D eigenvalue weighted by Crippen LogP contribution is -2.52. The molecule has 44 heavy (non-hydrogen) atoms. The lowest BCUT2D eigenvalue weighted by atomic mass is 10.2. The number of benzene rings is 1. The number of piperazine rings is 1. The molecule has 1 aromatic carbocycles. The Morgan fingerprint density at radius 3 is 2.52 bits per heavy atom. The summed E-state index contributed by atoms with van der Waals surface area (Å²) in [6.07, 6.45) is 4.17. The van der Waals surface area contributed by atoms with Crippen LogP contribution in [0, 0.1) is 11.6 Å². The van der Waals surface area contributed by atoms with Crippen molar-refractivity contribution in [1.82, 2.24) is 29.5 Å². The van der Waals surface area contributed by atoms with E-state index in [1.807, 2.05) is 0 Å². The molecule has 16 heteroatoms. The summed E-state index contributed by atoms with van der Waals surface area (Å²) in [7, 11) is 0. The van der Waals surface area contributed by atoms with Crippen molar-refractivity contribution >= 4 is 41.0 Å². The molecule has 2 aliphatic rings. The van der Waals surface area contributed by atoms with Crippen molar-refractivity contribution in [2.45, 2.75) is 20.0 Å². The fraction of sp³-hybridized carbons (Fsp3) is 0.429. The minimum atomic E-state index is -0.869. The Morgan fingerprint density at radius 2 is 1.86 bits per heavy atom. The number of carbonyl (C=O) groups is 4. The predicted octanol–water partition coefficient (Wildman–Crippen LogP) is 1.89. The molecule has 4 heterocycles. The maximum atomic E-state index is 15.2. The normalized spacial score (nSPS) is 16.7. The maximum Gasteiger partial charge on any atom is 0.414 e. The van der Waals surface area contributed by atoms with E-state index in [-0.39, 0.29) is 81.9 Å². The number of hydrogen-bond acceptors (Lipinski definition) is 9. The van der Waals surface area contributed by atoms with Gasteiger partial charge in [-0.05, 0) is 13.8 Å². The molecule has 0 aliphatic carbocycles. The molecular weight excluding hydrogens is 582 g/mol. The van der Waals surface area contributed by atoms with Crippen LogP contribution in [0.15, 0.2) is 36.9 Å². The SMILES string of the molecule is CCOC(=O)NCC1CN(c2cc(F)c(N3CCN(C(=O)CN(CC)C(=O)c4cn5ccncc5n4)CC3)c(F)c2)C(=O)O1. The second-order valence-electron chi connectivity index (χ2n) is 10.1. The van der Waals surface area contributed by atoms with E-state index in [9.17, 15) is 19.2 Å². The van der Waals surface area contributed by atoms with E-state index in [0.29, 0.717) is 5.65 Å². The number of amides is 4. The van der Waals surface area contributed by atoms with Crippen LogP contribution < -0.4 is 15.1 Å². The van der Waals surface area contributed by atoms with Crippen LogP contribution in [0.2, 0.25) is 0 Å². The summed E-state index contributed by atoms with van der Waals surface area (Å²) in [6.45, 7) is 4.38. The van der Waals surface area contributed by atoms with Gasteiger partial charge in [0.15, 0.2) is 17.3 Å². The Balaban J connectivity index is 1.17. The number of aromatic nitrogens is 3. The fourth-order valence-electron chi connectivity index (χ4n) is 5.11. The van der Waals surface area contributed by atoms with E-state index >= 15 is 8.78 Å². The van der Waals surface area contributed by atoms with Crippen molar-refractivity contribution in [2.75, 3.05) is 68.8 Å². The molecule has 2 saturated heterocycles. The van der Waals surface area contributed by atoms with Crippen molar-refractivity contribution in [3.8, 4) is 0 Å². The zero-order valence-corrected chi connectivity index (χ0v) is 24.2. The van der Waals surface area contributed by atoms with Gasteiger partial charge in [0.05, 0.1) is 31.6 Å². The number of anilines is 2. The van der Waals surface area contributed by atoms with Crippen LogP contribution in [-0.4, -0.2) is 113 Å². The molecule has 1 N–H and O–H groups in total. The van der Waals surface area contributed by atoms with E-state index in [0.717, 1.165) is 17.0 Å². The fourth-order valence-corrected chi connectivity index (χ4v) is 5.11. The minimum absolute atomic E-state index is 0.0180. The first-order valence-electron chi connectivity index (χ1n) is 14.2. The summed E-state index contributed by atoms with van der Waals surface area (Å²) in [5.41, 5.74) is 0.417. The summed E-state index contributed by atoms with van der Waals surface area (Å²) in [5.74, 6) is -2.42. The van der Waals surface area contributed by atoms with E-state index in [2.05, 4.69) is 15.3 Å². The Hall–Kier alpha value is -5.02. The molecule has 1 unspecified atom stereocenters. The number of cyclic esters (lactones) is 1. The second kappa shape index (κ2) is 13.1. The second-order valence-corrected chi connectivity index (χ2v) is 10.1. The first kappa shape index (κ1) is 30.4. The third-order valence-corrected chi connectivity index (χ3v) is 7.36. The number of nitrogens with one attached hydrogen (secondary N) is 1. The van der Waals surface area contributed by atoms with Gasteiger partial charge in [-0.2, -0.15) is 0 Å². The number of alkyl carbamates (subject to hydrolysis) is 1. The number of nitrogens with zero attached hydrogens (tertiary/aromatic N) is 7. The average Bonchev–Trinajstić information content (AvgIpc) is 3.62. The summed E-state index contributed by atoms with van der Waals surface area (Å²) in [6, 6.07) is 2.11. The van der Waals surface area contributed by atoms with E-state index < -0.39 is 35.8 Å². The Kier molecular flexibility index (Phi) is 9.06. The van der Waals surface area contributed by atoms with Gasteiger partial charge >= 0.3 is 12.2 Å². The molecule has 0 radical (unpaired) electrons. The molecule has 14 nitrogen and oxygen atoms in total. The average molecular weight is 615 g/mol. The molecule has 0 spiro atoms. The molecule has 3 aromatic rings. The molecule has 234 valence electrons. The Morgan fingerprint density at radius 1 is 1.14 bits per heavy atom. The Bertz CT molecular complexity index is 1500. The van der Waals surface area contributed by atoms with Crippen molar-refractivity contribution in [2.24, 2.45) is 0 Å². The van der Waals surface area contributed by atoms with Crippen LogP contribution in [0.5, 0.6) is 0 Å². The van der Waals surface area contributed by atoms with Crippen LogP contribution in [-0.2, 0) is 14.3 Å². The van der Waals surface area contributed by atoms with Gasteiger partial charge in [0, 0.05) is 63.4 Å². The number of hydrogen-bond donors (Lipinski definition) is 1. The molecule has 5 rings (SSSR count). The standard InChI is InChI=1S/C28H32F2N8O6/c1-3-34(26(40)22-16-37-6-5-31-14-23(37)33-22)17-24(39)35-7-9-36(10-8-35)25-20(29)11-18(12-21(25)30)38-15-19(44-28(38)42)13-32-27(41)43-4-2/h5-6,11-12,14,16,19H,3-4,7-10,13,15,17H2,1-2H3,(H,32,41). The first-order valence-corrected chi connectivity index (χ1v) is 14.2. The topological polar surface area (TPSA) is 142 Å². The molecule has 2 aliphatic heterocycles. The van der Waals surface area contributed by atoms with Gasteiger partial charge in [0.25, 0.3) is 5.91 Å². The Labute approximate surface area is 251 Å². The van der Waals surface area contributed by atoms with Gasteiger partial charge in [-0.15, -0.1) is 0 Å². The molecule has 2 aromatic heterocycles. The van der Waals surface area contributed by atoms with E-state index in [1.165, 1.54) is 16.0 Å². The summed E-state index contributed by atoms with van der Waals surface area (Å²) in [4.78, 5) is 63.8. The molecule has 2 fully saturated rings. The van der Waals surface area contributed by atoms with E-state index in [4.69, 9.17) is 9.47 Å². The number of likely N-dealkylation sites (N-methyl/N-ethyl adjacent to an activating group) is 1. The molecule has 1 atom stereocenters. The van der Waals surface area contributed by atoms with Gasteiger partial charge in [-0.3, -0.25) is 19.5 Å². The monoisotopic (exact) mass is 614 g/mol. The third kappa shape index (κ3) is 6.48. The number of halogens is 2. The lowest BCUT2D eigenvalue weighted by molar-refractivity contribution is -0.132. The lowest BCUT2D eigenvalue weighted by Gasteiger charge is -2.37. The van der Waals surface area contributed by atoms with Crippen molar-refractivity contribution in [3.05, 3.63) is 54.2 Å².